The summed E-state index contributed by atoms with van der Waals surface area (Å²) in [6, 6.07) is 17.7. The number of amides is 1. The van der Waals surface area contributed by atoms with Gasteiger partial charge in [-0.05, 0) is 47.8 Å². The molecule has 0 bridgehead atoms. The van der Waals surface area contributed by atoms with E-state index >= 15 is 0 Å². The van der Waals surface area contributed by atoms with Crippen LogP contribution in [0.1, 0.15) is 27.5 Å². The van der Waals surface area contributed by atoms with Crippen molar-refractivity contribution in [2.24, 2.45) is 0 Å². The molecule has 0 N–H and O–H groups in total. The Hall–Kier alpha value is -3.10. The number of rotatable bonds is 6. The van der Waals surface area contributed by atoms with E-state index in [0.29, 0.717) is 25.3 Å². The highest BCUT2D eigenvalue weighted by atomic mass is 16.5. The maximum atomic E-state index is 13.5. The number of carbonyl (C=O) groups excluding carboxylic acids is 1. The SMILES string of the molecule is CN(C)C[C@@H]1OCCN(C(=O)c2ccc(Cn3cnnn3)cc2)[C@H]1c1ccccc1. The number of hydrogen-bond donors (Lipinski definition) is 0. The number of hydrogen-bond acceptors (Lipinski definition) is 6. The zero-order valence-corrected chi connectivity index (χ0v) is 17.3. The van der Waals surface area contributed by atoms with Crippen LogP contribution in [-0.2, 0) is 11.3 Å². The number of benzene rings is 2. The molecule has 30 heavy (non-hydrogen) atoms. The topological polar surface area (TPSA) is 76.4 Å². The molecule has 1 fully saturated rings. The summed E-state index contributed by atoms with van der Waals surface area (Å²) < 4.78 is 7.74. The Kier molecular flexibility index (Phi) is 6.15. The number of carbonyl (C=O) groups is 1. The Morgan fingerprint density at radius 1 is 1.13 bits per heavy atom. The first-order chi connectivity index (χ1) is 14.6. The van der Waals surface area contributed by atoms with Gasteiger partial charge in [-0.3, -0.25) is 4.79 Å². The van der Waals surface area contributed by atoms with Gasteiger partial charge in [-0.25, -0.2) is 4.68 Å². The summed E-state index contributed by atoms with van der Waals surface area (Å²) in [5.74, 6) is 0.0184. The predicted molar refractivity (Wildman–Crippen MR) is 112 cm³/mol. The first-order valence-electron chi connectivity index (χ1n) is 10.0. The van der Waals surface area contributed by atoms with Crippen LogP contribution in [0.15, 0.2) is 60.9 Å². The van der Waals surface area contributed by atoms with Crippen molar-refractivity contribution in [2.45, 2.75) is 18.7 Å². The standard InChI is InChI=1S/C22H26N6O2/c1-26(2)15-20-21(18-6-4-3-5-7-18)28(12-13-30-20)22(29)19-10-8-17(9-11-19)14-27-16-23-24-25-27/h3-11,16,20-21H,12-15H2,1-2H3/t20-,21-/m0/s1. The van der Waals surface area contributed by atoms with Gasteiger partial charge in [-0.2, -0.15) is 0 Å². The zero-order chi connectivity index (χ0) is 20.9. The minimum atomic E-state index is -0.129. The molecular weight excluding hydrogens is 380 g/mol. The molecule has 4 rings (SSSR count). The van der Waals surface area contributed by atoms with Crippen LogP contribution in [-0.4, -0.2) is 75.8 Å². The first kappa shape index (κ1) is 20.2. The van der Waals surface area contributed by atoms with E-state index in [2.05, 4.69) is 32.6 Å². The number of tetrazole rings is 1. The largest absolute Gasteiger partial charge is 0.373 e. The van der Waals surface area contributed by atoms with Gasteiger partial charge >= 0.3 is 0 Å². The van der Waals surface area contributed by atoms with Crippen LogP contribution in [0, 0.1) is 0 Å². The average molecular weight is 406 g/mol. The highest BCUT2D eigenvalue weighted by molar-refractivity contribution is 5.94. The van der Waals surface area contributed by atoms with Crippen LogP contribution in [0.2, 0.25) is 0 Å². The van der Waals surface area contributed by atoms with Crippen LogP contribution in [0.5, 0.6) is 0 Å². The van der Waals surface area contributed by atoms with E-state index in [1.54, 1.807) is 11.0 Å². The lowest BCUT2D eigenvalue weighted by atomic mass is 9.96. The van der Waals surface area contributed by atoms with Crippen molar-refractivity contribution in [3.63, 3.8) is 0 Å². The van der Waals surface area contributed by atoms with Gasteiger partial charge in [-0.1, -0.05) is 42.5 Å². The molecule has 8 nitrogen and oxygen atoms in total. The number of morpholine rings is 1. The van der Waals surface area contributed by atoms with Gasteiger partial charge in [-0.15, -0.1) is 5.10 Å². The minimum absolute atomic E-state index is 0.0184. The van der Waals surface area contributed by atoms with Gasteiger partial charge in [0.2, 0.25) is 0 Å². The second-order valence-electron chi connectivity index (χ2n) is 7.73. The number of nitrogens with zero attached hydrogens (tertiary/aromatic N) is 6. The van der Waals surface area contributed by atoms with Crippen molar-refractivity contribution in [3.8, 4) is 0 Å². The molecule has 1 aromatic heterocycles. The summed E-state index contributed by atoms with van der Waals surface area (Å²) in [6.07, 6.45) is 1.49. The predicted octanol–water partition coefficient (Wildman–Crippen LogP) is 1.87. The van der Waals surface area contributed by atoms with Crippen molar-refractivity contribution in [2.75, 3.05) is 33.8 Å². The van der Waals surface area contributed by atoms with Crippen molar-refractivity contribution in [3.05, 3.63) is 77.6 Å². The zero-order valence-electron chi connectivity index (χ0n) is 17.3. The molecule has 2 heterocycles. The molecule has 3 aromatic rings. The van der Waals surface area contributed by atoms with E-state index in [-0.39, 0.29) is 18.1 Å². The molecule has 1 aliphatic rings. The fourth-order valence-corrected chi connectivity index (χ4v) is 3.88. The second-order valence-corrected chi connectivity index (χ2v) is 7.73. The molecule has 0 saturated carbocycles. The van der Waals surface area contributed by atoms with Gasteiger partial charge in [0.15, 0.2) is 0 Å². The van der Waals surface area contributed by atoms with E-state index in [9.17, 15) is 4.79 Å². The van der Waals surface area contributed by atoms with E-state index in [4.69, 9.17) is 4.74 Å². The van der Waals surface area contributed by atoms with Crippen molar-refractivity contribution in [1.82, 2.24) is 30.0 Å². The van der Waals surface area contributed by atoms with Crippen LogP contribution < -0.4 is 0 Å². The van der Waals surface area contributed by atoms with Gasteiger partial charge in [0.25, 0.3) is 5.91 Å². The molecular formula is C22H26N6O2. The van der Waals surface area contributed by atoms with Gasteiger partial charge in [0.05, 0.1) is 25.3 Å². The molecule has 1 saturated heterocycles. The second kappa shape index (κ2) is 9.15. The van der Waals surface area contributed by atoms with Crippen molar-refractivity contribution >= 4 is 5.91 Å². The summed E-state index contributed by atoms with van der Waals surface area (Å²) in [7, 11) is 4.05. The Morgan fingerprint density at radius 2 is 1.90 bits per heavy atom. The fraction of sp³-hybridized carbons (Fsp3) is 0.364. The minimum Gasteiger partial charge on any atom is -0.373 e. The number of likely N-dealkylation sites (N-methyl/N-ethyl adjacent to an activating group) is 1. The Bertz CT molecular complexity index is 944. The van der Waals surface area contributed by atoms with Gasteiger partial charge in [0.1, 0.15) is 6.33 Å². The summed E-state index contributed by atoms with van der Waals surface area (Å²) in [5, 5.41) is 11.2. The van der Waals surface area contributed by atoms with Crippen LogP contribution in [0.3, 0.4) is 0 Å². The lowest BCUT2D eigenvalue weighted by Gasteiger charge is -2.42. The van der Waals surface area contributed by atoms with Crippen LogP contribution in [0.4, 0.5) is 0 Å². The highest BCUT2D eigenvalue weighted by Gasteiger charge is 2.36. The van der Waals surface area contributed by atoms with E-state index in [1.165, 1.54) is 0 Å². The molecule has 1 aliphatic heterocycles. The molecule has 156 valence electrons. The van der Waals surface area contributed by atoms with E-state index in [0.717, 1.165) is 17.7 Å². The van der Waals surface area contributed by atoms with Gasteiger partial charge < -0.3 is 14.5 Å². The molecule has 2 aromatic carbocycles. The quantitative estimate of drug-likeness (QED) is 0.622. The third kappa shape index (κ3) is 4.55. The smallest absolute Gasteiger partial charge is 0.254 e. The molecule has 0 radical (unpaired) electrons. The van der Waals surface area contributed by atoms with E-state index < -0.39 is 0 Å². The lowest BCUT2D eigenvalue weighted by Crippen LogP contribution is -2.51. The normalized spacial score (nSPS) is 19.2. The third-order valence-electron chi connectivity index (χ3n) is 5.24. The molecule has 8 heteroatoms. The summed E-state index contributed by atoms with van der Waals surface area (Å²) in [4.78, 5) is 17.5. The molecule has 2 atom stereocenters. The Morgan fingerprint density at radius 3 is 2.57 bits per heavy atom. The Balaban J connectivity index is 1.57. The highest BCUT2D eigenvalue weighted by Crippen LogP contribution is 2.31. The van der Waals surface area contributed by atoms with Gasteiger partial charge in [0, 0.05) is 18.7 Å². The first-order valence-corrected chi connectivity index (χ1v) is 10.0. The lowest BCUT2D eigenvalue weighted by molar-refractivity contribution is -0.0684. The van der Waals surface area contributed by atoms with Crippen LogP contribution in [0.25, 0.3) is 0 Å². The maximum Gasteiger partial charge on any atom is 0.254 e. The summed E-state index contributed by atoms with van der Waals surface area (Å²) in [5.41, 5.74) is 2.79. The van der Waals surface area contributed by atoms with Crippen molar-refractivity contribution < 1.29 is 9.53 Å². The fourth-order valence-electron chi connectivity index (χ4n) is 3.88. The van der Waals surface area contributed by atoms with Crippen LogP contribution >= 0.6 is 0 Å². The molecule has 0 unspecified atom stereocenters. The summed E-state index contributed by atoms with van der Waals surface area (Å²) >= 11 is 0. The van der Waals surface area contributed by atoms with Crippen molar-refractivity contribution in [1.29, 1.82) is 0 Å². The molecule has 0 aliphatic carbocycles. The molecule has 1 amide bonds. The average Bonchev–Trinajstić information content (AvgIpc) is 3.27. The number of ether oxygens (including phenoxy) is 1. The summed E-state index contributed by atoms with van der Waals surface area (Å²) in [6.45, 7) is 2.41. The maximum absolute atomic E-state index is 13.5. The van der Waals surface area contributed by atoms with E-state index in [1.807, 2.05) is 61.5 Å². The monoisotopic (exact) mass is 406 g/mol. The molecule has 0 spiro atoms. The Labute approximate surface area is 176 Å². The number of aromatic nitrogens is 4. The third-order valence-corrected chi connectivity index (χ3v) is 5.24.